The van der Waals surface area contributed by atoms with Crippen molar-refractivity contribution in [1.29, 1.82) is 0 Å². The molecule has 0 saturated carbocycles. The van der Waals surface area contributed by atoms with Crippen molar-refractivity contribution in [2.24, 2.45) is 0 Å². The van der Waals surface area contributed by atoms with Crippen LogP contribution in [-0.2, 0) is 52.2 Å². The quantitative estimate of drug-likeness (QED) is 0.0725. The molecule has 0 aromatic rings. The van der Waals surface area contributed by atoms with Crippen molar-refractivity contribution in [3.63, 3.8) is 0 Å². The van der Waals surface area contributed by atoms with Gasteiger partial charge in [0.25, 0.3) is 0 Å². The molecular formula is C34H58N2O26. The normalized spacial score (nSPS) is 49.0. The van der Waals surface area contributed by atoms with Gasteiger partial charge in [0, 0.05) is 13.8 Å². The number of hydrogen-bond acceptors (Lipinski definition) is 26. The number of rotatable bonds is 15. The lowest BCUT2D eigenvalue weighted by atomic mass is 9.94. The lowest BCUT2D eigenvalue weighted by molar-refractivity contribution is -0.366. The minimum Gasteiger partial charge on any atom is -0.394 e. The van der Waals surface area contributed by atoms with Crippen LogP contribution in [-0.4, -0.2) is 275 Å². The van der Waals surface area contributed by atoms with Crippen LogP contribution >= 0.6 is 0 Å². The molecule has 17 N–H and O–H groups in total. The van der Waals surface area contributed by atoms with E-state index < -0.39 is 198 Å². The van der Waals surface area contributed by atoms with Crippen LogP contribution in [0.4, 0.5) is 0 Å². The first-order chi connectivity index (χ1) is 29.2. The number of carbonyl (C=O) groups excluding carboxylic acids is 2. The average molecular weight is 911 g/mol. The molecule has 5 aliphatic rings. The summed E-state index contributed by atoms with van der Waals surface area (Å²) in [6.07, 6.45) is -40.9. The van der Waals surface area contributed by atoms with E-state index >= 15 is 0 Å². The van der Waals surface area contributed by atoms with E-state index in [1.54, 1.807) is 0 Å². The van der Waals surface area contributed by atoms with Gasteiger partial charge in [-0.2, -0.15) is 0 Å². The standard InChI is InChI=1S/C34H58N2O26/c1-8(40)35-15-20(45)28(11(4-38)56-30(15)53)61-31-16(36-9(2)41)21(46)29(12(5-39)58-31)62-34-27(52)24(49)19(44)14(60-34)7-55-33-26(51)23(48)18(43)13(59-33)6-54-32-25(50)22(47)17(42)10(3-37)57-32/h10-34,37-39,42-53H,3-7H2,1-2H3,(H,35,40)(H,36,41)/t10-,11-,12-,13-,14-,15-,16-,17-,18-,19-,20-,21-,22+,23+,24+,25+,26+,27+,28-,29-,30-,31+,32+,33+,34-/m1/s1. The van der Waals surface area contributed by atoms with Crippen molar-refractivity contribution in [3.05, 3.63) is 0 Å². The summed E-state index contributed by atoms with van der Waals surface area (Å²) in [5, 5.41) is 162. The van der Waals surface area contributed by atoms with Crippen LogP contribution in [0.5, 0.6) is 0 Å². The smallest absolute Gasteiger partial charge is 0.217 e. The number of carbonyl (C=O) groups is 2. The maximum Gasteiger partial charge on any atom is 0.217 e. The Balaban J connectivity index is 1.26. The molecule has 0 radical (unpaired) electrons. The minimum atomic E-state index is -2.07. The van der Waals surface area contributed by atoms with Gasteiger partial charge in [0.05, 0.1) is 33.0 Å². The van der Waals surface area contributed by atoms with E-state index in [2.05, 4.69) is 10.6 Å². The molecule has 28 nitrogen and oxygen atoms in total. The molecule has 5 saturated heterocycles. The van der Waals surface area contributed by atoms with Gasteiger partial charge < -0.3 is 130 Å². The highest BCUT2D eigenvalue weighted by molar-refractivity contribution is 5.73. The molecule has 360 valence electrons. The number of aliphatic hydroxyl groups excluding tert-OH is 15. The lowest BCUT2D eigenvalue weighted by Gasteiger charge is -2.49. The highest BCUT2D eigenvalue weighted by Crippen LogP contribution is 2.33. The fourth-order valence-electron chi connectivity index (χ4n) is 7.63. The topological polar surface area (TPSA) is 445 Å². The molecule has 5 heterocycles. The van der Waals surface area contributed by atoms with Crippen molar-refractivity contribution in [2.75, 3.05) is 33.0 Å². The number of nitrogens with one attached hydrogen (secondary N) is 2. The molecule has 0 aromatic carbocycles. The summed E-state index contributed by atoms with van der Waals surface area (Å²) in [7, 11) is 0. The van der Waals surface area contributed by atoms with Crippen LogP contribution in [0.15, 0.2) is 0 Å². The molecule has 5 fully saturated rings. The predicted octanol–water partition coefficient (Wildman–Crippen LogP) is -11.6. The van der Waals surface area contributed by atoms with E-state index in [0.29, 0.717) is 0 Å². The molecule has 2 amide bonds. The first-order valence-corrected chi connectivity index (χ1v) is 19.6. The van der Waals surface area contributed by atoms with Crippen molar-refractivity contribution < 1.29 is 129 Å². The third kappa shape index (κ3) is 11.1. The number of amides is 2. The van der Waals surface area contributed by atoms with Gasteiger partial charge in [-0.05, 0) is 0 Å². The highest BCUT2D eigenvalue weighted by atomic mass is 16.8. The average Bonchev–Trinajstić information content (AvgIpc) is 3.23. The lowest BCUT2D eigenvalue weighted by Crippen LogP contribution is -2.70. The zero-order valence-electron chi connectivity index (χ0n) is 33.2. The fourth-order valence-corrected chi connectivity index (χ4v) is 7.63. The number of hydrogen-bond donors (Lipinski definition) is 17. The van der Waals surface area contributed by atoms with Crippen molar-refractivity contribution in [2.45, 2.75) is 167 Å². The Hall–Kier alpha value is -2.02. The molecule has 5 rings (SSSR count). The summed E-state index contributed by atoms with van der Waals surface area (Å²) < 4.78 is 50.2. The molecule has 62 heavy (non-hydrogen) atoms. The second-order valence-corrected chi connectivity index (χ2v) is 15.5. The summed E-state index contributed by atoms with van der Waals surface area (Å²) in [6, 6.07) is -3.11. The van der Waals surface area contributed by atoms with Crippen LogP contribution in [0.3, 0.4) is 0 Å². The van der Waals surface area contributed by atoms with Gasteiger partial charge in [-0.3, -0.25) is 9.59 Å². The second kappa shape index (κ2) is 22.0. The molecular weight excluding hydrogens is 852 g/mol. The summed E-state index contributed by atoms with van der Waals surface area (Å²) in [6.45, 7) is -1.93. The van der Waals surface area contributed by atoms with E-state index in [-0.39, 0.29) is 0 Å². The molecule has 0 aromatic heterocycles. The maximum atomic E-state index is 12.3. The van der Waals surface area contributed by atoms with Gasteiger partial charge in [0.2, 0.25) is 11.8 Å². The van der Waals surface area contributed by atoms with Crippen molar-refractivity contribution >= 4 is 11.8 Å². The third-order valence-electron chi connectivity index (χ3n) is 11.1. The van der Waals surface area contributed by atoms with E-state index in [9.17, 15) is 86.2 Å². The fraction of sp³-hybridized carbons (Fsp3) is 0.941. The van der Waals surface area contributed by atoms with Gasteiger partial charge in [-0.25, -0.2) is 0 Å². The van der Waals surface area contributed by atoms with Crippen LogP contribution in [0, 0.1) is 0 Å². The maximum absolute atomic E-state index is 12.3. The summed E-state index contributed by atoms with van der Waals surface area (Å²) in [5.74, 6) is -1.45. The third-order valence-corrected chi connectivity index (χ3v) is 11.1. The largest absolute Gasteiger partial charge is 0.394 e. The molecule has 25 atom stereocenters. The summed E-state index contributed by atoms with van der Waals surface area (Å²) in [5.41, 5.74) is 0. The molecule has 0 aliphatic carbocycles. The van der Waals surface area contributed by atoms with Crippen LogP contribution in [0.1, 0.15) is 13.8 Å². The molecule has 28 heteroatoms. The van der Waals surface area contributed by atoms with Gasteiger partial charge in [-0.15, -0.1) is 0 Å². The molecule has 0 unspecified atom stereocenters. The second-order valence-electron chi connectivity index (χ2n) is 15.5. The summed E-state index contributed by atoms with van der Waals surface area (Å²) in [4.78, 5) is 24.0. The molecule has 0 spiro atoms. The van der Waals surface area contributed by atoms with E-state index in [0.717, 1.165) is 13.8 Å². The number of ether oxygens (including phenoxy) is 9. The van der Waals surface area contributed by atoms with Crippen LogP contribution in [0.25, 0.3) is 0 Å². The summed E-state index contributed by atoms with van der Waals surface area (Å²) >= 11 is 0. The van der Waals surface area contributed by atoms with Gasteiger partial charge >= 0.3 is 0 Å². The molecule has 0 bridgehead atoms. The first-order valence-electron chi connectivity index (χ1n) is 19.6. The van der Waals surface area contributed by atoms with E-state index in [1.165, 1.54) is 0 Å². The SMILES string of the molecule is CC(=O)N[C@@H]1[C@@H](O)[C@H](O[C@@H]2O[C@H](CO)[C@@H](O[C@H]3O[C@H](CO[C@H]4O[C@H](CO[C@H]5O[C@H](CO)[C@@H](O)[C@H](O)[C@@H]5O)[C@@H](O)[C@H](O)[C@@H]4O)[C@@H](O)[C@H](O)[C@@H]3O)[C@H](O)[C@H]2NC(C)=O)[C@@H](CO)O[C@H]1O. The van der Waals surface area contributed by atoms with Gasteiger partial charge in [0.1, 0.15) is 122 Å². The Kier molecular flexibility index (Phi) is 18.1. The monoisotopic (exact) mass is 910 g/mol. The van der Waals surface area contributed by atoms with Crippen LogP contribution < -0.4 is 10.6 Å². The molecule has 5 aliphatic heterocycles. The Morgan fingerprint density at radius 2 is 0.774 bits per heavy atom. The van der Waals surface area contributed by atoms with Crippen molar-refractivity contribution in [3.8, 4) is 0 Å². The minimum absolute atomic E-state index is 0.678. The Morgan fingerprint density at radius 3 is 1.24 bits per heavy atom. The zero-order chi connectivity index (χ0) is 45.9. The zero-order valence-corrected chi connectivity index (χ0v) is 33.2. The van der Waals surface area contributed by atoms with Crippen molar-refractivity contribution in [1.82, 2.24) is 10.6 Å². The highest BCUT2D eigenvalue weighted by Gasteiger charge is 2.55. The Bertz CT molecular complexity index is 1440. The Labute approximate surface area is 351 Å². The van der Waals surface area contributed by atoms with E-state index in [1.807, 2.05) is 0 Å². The first kappa shape index (κ1) is 51.0. The number of aliphatic hydroxyl groups is 15. The van der Waals surface area contributed by atoms with Crippen LogP contribution in [0.2, 0.25) is 0 Å². The van der Waals surface area contributed by atoms with E-state index in [4.69, 9.17) is 42.6 Å². The Morgan fingerprint density at radius 1 is 0.419 bits per heavy atom. The van der Waals surface area contributed by atoms with Gasteiger partial charge in [0.15, 0.2) is 31.5 Å². The van der Waals surface area contributed by atoms with Gasteiger partial charge in [-0.1, -0.05) is 0 Å². The predicted molar refractivity (Wildman–Crippen MR) is 190 cm³/mol.